The van der Waals surface area contributed by atoms with Crippen molar-refractivity contribution >= 4 is 0 Å². The minimum Gasteiger partial charge on any atom is -0.457 e. The number of benzene rings is 2. The van der Waals surface area contributed by atoms with Crippen molar-refractivity contribution in [2.45, 2.75) is 12.6 Å². The normalized spacial score (nSPS) is 15.1. The van der Waals surface area contributed by atoms with E-state index in [4.69, 9.17) is 4.74 Å². The van der Waals surface area contributed by atoms with Crippen LogP contribution in [0, 0.1) is 0 Å². The standard InChI is InChI=1S/C17H20N2O/c1-19(15-11-18-12-15)13-14-6-5-9-17(10-14)20-16-7-3-2-4-8-16/h2-10,15,18H,11-13H2,1H3. The molecular weight excluding hydrogens is 248 g/mol. The summed E-state index contributed by atoms with van der Waals surface area (Å²) in [5.41, 5.74) is 1.29. The van der Waals surface area contributed by atoms with Gasteiger partial charge < -0.3 is 10.1 Å². The molecule has 3 nitrogen and oxygen atoms in total. The van der Waals surface area contributed by atoms with Gasteiger partial charge in [-0.05, 0) is 36.9 Å². The quantitative estimate of drug-likeness (QED) is 0.902. The summed E-state index contributed by atoms with van der Waals surface area (Å²) in [5, 5.41) is 3.31. The number of rotatable bonds is 5. The summed E-state index contributed by atoms with van der Waals surface area (Å²) in [7, 11) is 2.18. The van der Waals surface area contributed by atoms with E-state index < -0.39 is 0 Å². The predicted molar refractivity (Wildman–Crippen MR) is 81.1 cm³/mol. The van der Waals surface area contributed by atoms with Crippen LogP contribution in [0.15, 0.2) is 54.6 Å². The highest BCUT2D eigenvalue weighted by atomic mass is 16.5. The smallest absolute Gasteiger partial charge is 0.127 e. The molecule has 1 fully saturated rings. The molecule has 1 heterocycles. The fraction of sp³-hybridized carbons (Fsp3) is 0.294. The monoisotopic (exact) mass is 268 g/mol. The lowest BCUT2D eigenvalue weighted by Gasteiger charge is -2.35. The Morgan fingerprint density at radius 2 is 1.80 bits per heavy atom. The van der Waals surface area contributed by atoms with E-state index in [9.17, 15) is 0 Å². The van der Waals surface area contributed by atoms with Crippen LogP contribution in [-0.4, -0.2) is 31.1 Å². The molecule has 3 heteroatoms. The van der Waals surface area contributed by atoms with Crippen molar-refractivity contribution in [1.29, 1.82) is 0 Å². The summed E-state index contributed by atoms with van der Waals surface area (Å²) < 4.78 is 5.87. The number of ether oxygens (including phenoxy) is 1. The summed E-state index contributed by atoms with van der Waals surface area (Å²) in [6.45, 7) is 3.14. The molecule has 0 amide bonds. The van der Waals surface area contributed by atoms with Crippen LogP contribution < -0.4 is 10.1 Å². The van der Waals surface area contributed by atoms with Gasteiger partial charge >= 0.3 is 0 Å². The van der Waals surface area contributed by atoms with Crippen molar-refractivity contribution in [2.75, 3.05) is 20.1 Å². The first kappa shape index (κ1) is 13.2. The third kappa shape index (κ3) is 3.18. The minimum absolute atomic E-state index is 0.661. The van der Waals surface area contributed by atoms with Gasteiger partial charge in [0, 0.05) is 25.7 Å². The fourth-order valence-electron chi connectivity index (χ4n) is 2.33. The number of para-hydroxylation sites is 1. The molecule has 1 N–H and O–H groups in total. The first-order valence-electron chi connectivity index (χ1n) is 7.04. The van der Waals surface area contributed by atoms with Crippen molar-refractivity contribution in [2.24, 2.45) is 0 Å². The molecule has 0 radical (unpaired) electrons. The van der Waals surface area contributed by atoms with Gasteiger partial charge in [-0.15, -0.1) is 0 Å². The second-order valence-corrected chi connectivity index (χ2v) is 5.29. The largest absolute Gasteiger partial charge is 0.457 e. The van der Waals surface area contributed by atoms with Crippen molar-refractivity contribution in [3.05, 3.63) is 60.2 Å². The summed E-state index contributed by atoms with van der Waals surface area (Å²) in [6, 6.07) is 18.9. The zero-order valence-corrected chi connectivity index (χ0v) is 11.8. The molecule has 0 aromatic heterocycles. The Labute approximate surface area is 120 Å². The van der Waals surface area contributed by atoms with Crippen LogP contribution in [0.5, 0.6) is 11.5 Å². The first-order chi connectivity index (χ1) is 9.81. The van der Waals surface area contributed by atoms with Crippen molar-refractivity contribution in [1.82, 2.24) is 10.2 Å². The third-order valence-corrected chi connectivity index (χ3v) is 3.69. The summed E-state index contributed by atoms with van der Waals surface area (Å²) in [4.78, 5) is 2.39. The van der Waals surface area contributed by atoms with E-state index in [-0.39, 0.29) is 0 Å². The average molecular weight is 268 g/mol. The Balaban J connectivity index is 1.66. The molecule has 20 heavy (non-hydrogen) atoms. The molecule has 0 atom stereocenters. The Morgan fingerprint density at radius 1 is 1.05 bits per heavy atom. The van der Waals surface area contributed by atoms with Crippen molar-refractivity contribution in [3.8, 4) is 11.5 Å². The van der Waals surface area contributed by atoms with E-state index in [1.165, 1.54) is 5.56 Å². The highest BCUT2D eigenvalue weighted by Gasteiger charge is 2.21. The van der Waals surface area contributed by atoms with Crippen LogP contribution in [0.2, 0.25) is 0 Å². The Morgan fingerprint density at radius 3 is 2.50 bits per heavy atom. The van der Waals surface area contributed by atoms with Gasteiger partial charge in [0.05, 0.1) is 0 Å². The van der Waals surface area contributed by atoms with Gasteiger partial charge in [-0.1, -0.05) is 30.3 Å². The van der Waals surface area contributed by atoms with Gasteiger partial charge in [-0.25, -0.2) is 0 Å². The SMILES string of the molecule is CN(Cc1cccc(Oc2ccccc2)c1)C1CNC1. The molecule has 0 bridgehead atoms. The van der Waals surface area contributed by atoms with Crippen LogP contribution >= 0.6 is 0 Å². The summed E-state index contributed by atoms with van der Waals surface area (Å²) in [6.07, 6.45) is 0. The Bertz CT molecular complexity index is 552. The predicted octanol–water partition coefficient (Wildman–Crippen LogP) is 2.88. The molecule has 0 aliphatic carbocycles. The molecule has 0 spiro atoms. The van der Waals surface area contributed by atoms with Crippen LogP contribution in [0.1, 0.15) is 5.56 Å². The number of hydrogen-bond donors (Lipinski definition) is 1. The maximum Gasteiger partial charge on any atom is 0.127 e. The van der Waals surface area contributed by atoms with Gasteiger partial charge in [-0.3, -0.25) is 4.90 Å². The zero-order chi connectivity index (χ0) is 13.8. The van der Waals surface area contributed by atoms with Crippen molar-refractivity contribution < 1.29 is 4.74 Å². The molecule has 0 saturated carbocycles. The first-order valence-corrected chi connectivity index (χ1v) is 7.04. The molecule has 1 aliphatic rings. The van der Waals surface area contributed by atoms with Gasteiger partial charge in [0.25, 0.3) is 0 Å². The van der Waals surface area contributed by atoms with E-state index in [1.807, 2.05) is 36.4 Å². The lowest BCUT2D eigenvalue weighted by Crippen LogP contribution is -2.55. The van der Waals surface area contributed by atoms with E-state index in [2.05, 4.69) is 35.5 Å². The lowest BCUT2D eigenvalue weighted by molar-refractivity contribution is 0.173. The van der Waals surface area contributed by atoms with Gasteiger partial charge in [0.15, 0.2) is 0 Å². The van der Waals surface area contributed by atoms with Gasteiger partial charge in [0.1, 0.15) is 11.5 Å². The van der Waals surface area contributed by atoms with Crippen molar-refractivity contribution in [3.63, 3.8) is 0 Å². The molecule has 104 valence electrons. The zero-order valence-electron chi connectivity index (χ0n) is 11.8. The molecule has 3 rings (SSSR count). The average Bonchev–Trinajstić information content (AvgIpc) is 2.38. The van der Waals surface area contributed by atoms with Crippen LogP contribution in [0.25, 0.3) is 0 Å². The third-order valence-electron chi connectivity index (χ3n) is 3.69. The molecule has 1 saturated heterocycles. The number of likely N-dealkylation sites (N-methyl/N-ethyl adjacent to an activating group) is 1. The van der Waals surface area contributed by atoms with E-state index >= 15 is 0 Å². The van der Waals surface area contributed by atoms with E-state index in [0.29, 0.717) is 6.04 Å². The molecule has 0 unspecified atom stereocenters. The number of nitrogens with zero attached hydrogens (tertiary/aromatic N) is 1. The van der Waals surface area contributed by atoms with E-state index in [1.54, 1.807) is 0 Å². The number of nitrogens with one attached hydrogen (secondary N) is 1. The maximum atomic E-state index is 5.87. The van der Waals surface area contributed by atoms with Gasteiger partial charge in [-0.2, -0.15) is 0 Å². The topological polar surface area (TPSA) is 24.5 Å². The molecule has 2 aromatic carbocycles. The Kier molecular flexibility index (Phi) is 4.00. The Hall–Kier alpha value is -1.84. The van der Waals surface area contributed by atoms with Gasteiger partial charge in [0.2, 0.25) is 0 Å². The summed E-state index contributed by atoms with van der Waals surface area (Å²) >= 11 is 0. The summed E-state index contributed by atoms with van der Waals surface area (Å²) in [5.74, 6) is 1.77. The molecule has 2 aromatic rings. The maximum absolute atomic E-state index is 5.87. The second kappa shape index (κ2) is 6.07. The van der Waals surface area contributed by atoms with Crippen LogP contribution in [0.4, 0.5) is 0 Å². The second-order valence-electron chi connectivity index (χ2n) is 5.29. The van der Waals surface area contributed by atoms with E-state index in [0.717, 1.165) is 31.1 Å². The molecule has 1 aliphatic heterocycles. The number of hydrogen-bond acceptors (Lipinski definition) is 3. The minimum atomic E-state index is 0.661. The fourth-order valence-corrected chi connectivity index (χ4v) is 2.33. The van der Waals surface area contributed by atoms with Crippen LogP contribution in [0.3, 0.4) is 0 Å². The highest BCUT2D eigenvalue weighted by molar-refractivity contribution is 5.33. The van der Waals surface area contributed by atoms with Crippen LogP contribution in [-0.2, 0) is 6.54 Å². The highest BCUT2D eigenvalue weighted by Crippen LogP contribution is 2.22. The molecular formula is C17H20N2O. The lowest BCUT2D eigenvalue weighted by atomic mass is 10.1.